The van der Waals surface area contributed by atoms with Gasteiger partial charge in [0.05, 0.1) is 38.2 Å². The Morgan fingerprint density at radius 2 is 1.81 bits per heavy atom. The van der Waals surface area contributed by atoms with E-state index in [0.717, 1.165) is 48.3 Å². The number of methoxy groups -OCH3 is 2. The average molecular weight is 365 g/mol. The van der Waals surface area contributed by atoms with E-state index in [4.69, 9.17) is 14.2 Å². The van der Waals surface area contributed by atoms with Crippen molar-refractivity contribution in [1.29, 1.82) is 0 Å². The zero-order valence-corrected chi connectivity index (χ0v) is 15.6. The molecular weight excluding hydrogens is 342 g/mol. The molecule has 0 N–H and O–H groups in total. The molecule has 6 nitrogen and oxygen atoms in total. The van der Waals surface area contributed by atoms with Crippen molar-refractivity contribution in [3.63, 3.8) is 0 Å². The number of aromatic nitrogens is 2. The van der Waals surface area contributed by atoms with Crippen LogP contribution < -0.4 is 19.1 Å². The lowest BCUT2D eigenvalue weighted by atomic mass is 10.1. The Balaban J connectivity index is 1.63. The van der Waals surface area contributed by atoms with Gasteiger partial charge in [-0.2, -0.15) is 10.2 Å². The van der Waals surface area contributed by atoms with Crippen molar-refractivity contribution in [2.75, 3.05) is 32.2 Å². The van der Waals surface area contributed by atoms with Gasteiger partial charge in [0, 0.05) is 18.0 Å². The Kier molecular flexibility index (Phi) is 4.96. The molecule has 1 aliphatic rings. The van der Waals surface area contributed by atoms with Crippen molar-refractivity contribution in [3.05, 3.63) is 48.7 Å². The number of para-hydroxylation sites is 1. The molecule has 0 spiro atoms. The van der Waals surface area contributed by atoms with Gasteiger partial charge in [-0.1, -0.05) is 18.2 Å². The monoisotopic (exact) mass is 365 g/mol. The van der Waals surface area contributed by atoms with Crippen molar-refractivity contribution in [2.45, 2.75) is 18.9 Å². The average Bonchev–Trinajstić information content (AvgIpc) is 2.73. The van der Waals surface area contributed by atoms with E-state index < -0.39 is 0 Å². The minimum atomic E-state index is 0.143. The smallest absolute Gasteiger partial charge is 0.162 e. The van der Waals surface area contributed by atoms with E-state index in [9.17, 15) is 0 Å². The maximum Gasteiger partial charge on any atom is 0.162 e. The number of fused-ring (bicyclic) bond motifs is 1. The van der Waals surface area contributed by atoms with Crippen LogP contribution in [-0.4, -0.2) is 43.6 Å². The number of rotatable bonds is 5. The number of benzene rings is 2. The van der Waals surface area contributed by atoms with E-state index >= 15 is 0 Å². The van der Waals surface area contributed by atoms with Gasteiger partial charge in [0.25, 0.3) is 0 Å². The third-order valence-electron chi connectivity index (χ3n) is 4.89. The molecule has 1 saturated heterocycles. The fourth-order valence-electron chi connectivity index (χ4n) is 3.57. The van der Waals surface area contributed by atoms with Crippen LogP contribution in [0.2, 0.25) is 0 Å². The maximum atomic E-state index is 6.18. The third-order valence-corrected chi connectivity index (χ3v) is 4.89. The minimum absolute atomic E-state index is 0.143. The van der Waals surface area contributed by atoms with E-state index in [1.807, 2.05) is 48.7 Å². The molecule has 0 saturated carbocycles. The van der Waals surface area contributed by atoms with Gasteiger partial charge >= 0.3 is 0 Å². The quantitative estimate of drug-likeness (QED) is 0.687. The van der Waals surface area contributed by atoms with Crippen LogP contribution in [0.15, 0.2) is 48.7 Å². The molecule has 4 rings (SSSR count). The summed E-state index contributed by atoms with van der Waals surface area (Å²) in [7, 11) is 3.26. The van der Waals surface area contributed by atoms with Crippen LogP contribution in [0.3, 0.4) is 0 Å². The highest BCUT2D eigenvalue weighted by Crippen LogP contribution is 2.36. The molecular formula is C21H23N3O3. The van der Waals surface area contributed by atoms with Gasteiger partial charge in [0.15, 0.2) is 11.5 Å². The first-order valence-electron chi connectivity index (χ1n) is 9.12. The van der Waals surface area contributed by atoms with Crippen molar-refractivity contribution >= 4 is 16.6 Å². The lowest BCUT2D eigenvalue weighted by molar-refractivity contribution is 0.179. The molecule has 2 heterocycles. The van der Waals surface area contributed by atoms with Gasteiger partial charge in [-0.15, -0.1) is 0 Å². The van der Waals surface area contributed by atoms with Gasteiger partial charge in [0.1, 0.15) is 11.9 Å². The van der Waals surface area contributed by atoms with E-state index in [2.05, 4.69) is 15.1 Å². The van der Waals surface area contributed by atoms with E-state index in [0.29, 0.717) is 11.5 Å². The van der Waals surface area contributed by atoms with Crippen molar-refractivity contribution in [2.24, 2.45) is 0 Å². The Labute approximate surface area is 158 Å². The number of hydrogen-bond acceptors (Lipinski definition) is 6. The Bertz CT molecular complexity index is 917. The molecule has 0 amide bonds. The summed E-state index contributed by atoms with van der Waals surface area (Å²) in [5.74, 6) is 2.25. The first-order valence-corrected chi connectivity index (χ1v) is 9.12. The summed E-state index contributed by atoms with van der Waals surface area (Å²) in [5, 5.41) is 9.47. The first kappa shape index (κ1) is 17.4. The summed E-state index contributed by atoms with van der Waals surface area (Å²) in [5.41, 5.74) is 1.83. The Hall–Kier alpha value is -3.02. The second kappa shape index (κ2) is 7.70. The molecule has 1 unspecified atom stereocenters. The van der Waals surface area contributed by atoms with Crippen LogP contribution in [0, 0.1) is 0 Å². The predicted molar refractivity (Wildman–Crippen MR) is 105 cm³/mol. The molecule has 140 valence electrons. The molecule has 1 atom stereocenters. The fraction of sp³-hybridized carbons (Fsp3) is 0.333. The lowest BCUT2D eigenvalue weighted by Crippen LogP contribution is -2.41. The zero-order chi connectivity index (χ0) is 18.6. The molecule has 1 fully saturated rings. The summed E-state index contributed by atoms with van der Waals surface area (Å²) in [6.07, 6.45) is 4.07. The van der Waals surface area contributed by atoms with Gasteiger partial charge in [-0.05, 0) is 31.0 Å². The Morgan fingerprint density at radius 3 is 2.59 bits per heavy atom. The standard InChI is InChI=1S/C21H23N3O3/c1-25-20-11-17-18(12-21(20)26-2)23-22-13-19(17)24-10-6-9-16(14-24)27-15-7-4-3-5-8-15/h3-5,7-8,11-13,16H,6,9-10,14H2,1-2H3. The van der Waals surface area contributed by atoms with Crippen LogP contribution >= 0.6 is 0 Å². The largest absolute Gasteiger partial charge is 0.493 e. The molecule has 6 heteroatoms. The minimum Gasteiger partial charge on any atom is -0.493 e. The second-order valence-corrected chi connectivity index (χ2v) is 6.60. The molecule has 3 aromatic rings. The summed E-state index contributed by atoms with van der Waals surface area (Å²) in [6.45, 7) is 1.77. The molecule has 1 aromatic heterocycles. The number of hydrogen-bond donors (Lipinski definition) is 0. The highest BCUT2D eigenvalue weighted by atomic mass is 16.5. The van der Waals surface area contributed by atoms with E-state index in [1.54, 1.807) is 14.2 Å². The summed E-state index contributed by atoms with van der Waals surface area (Å²) in [6, 6.07) is 13.8. The predicted octanol–water partition coefficient (Wildman–Crippen LogP) is 3.69. The van der Waals surface area contributed by atoms with Crippen molar-refractivity contribution in [1.82, 2.24) is 10.2 Å². The maximum absolute atomic E-state index is 6.18. The fourth-order valence-corrected chi connectivity index (χ4v) is 3.57. The van der Waals surface area contributed by atoms with Gasteiger partial charge in [0.2, 0.25) is 0 Å². The van der Waals surface area contributed by atoms with Crippen LogP contribution in [0.4, 0.5) is 5.69 Å². The number of anilines is 1. The lowest BCUT2D eigenvalue weighted by Gasteiger charge is -2.34. The Morgan fingerprint density at radius 1 is 1.04 bits per heavy atom. The summed E-state index contributed by atoms with van der Waals surface area (Å²) >= 11 is 0. The van der Waals surface area contributed by atoms with Crippen LogP contribution in [0.1, 0.15) is 12.8 Å². The first-order chi connectivity index (χ1) is 13.3. The van der Waals surface area contributed by atoms with E-state index in [-0.39, 0.29) is 6.10 Å². The SMILES string of the molecule is COc1cc2nncc(N3CCCC(Oc4ccccc4)C3)c2cc1OC. The number of piperidine rings is 1. The molecule has 27 heavy (non-hydrogen) atoms. The van der Waals surface area contributed by atoms with Crippen molar-refractivity contribution in [3.8, 4) is 17.2 Å². The normalized spacial score (nSPS) is 17.0. The van der Waals surface area contributed by atoms with Gasteiger partial charge in [-0.25, -0.2) is 0 Å². The molecule has 0 radical (unpaired) electrons. The third kappa shape index (κ3) is 3.60. The topological polar surface area (TPSA) is 56.7 Å². The molecule has 0 bridgehead atoms. The summed E-state index contributed by atoms with van der Waals surface area (Å²) in [4.78, 5) is 2.32. The van der Waals surface area contributed by atoms with Crippen LogP contribution in [-0.2, 0) is 0 Å². The molecule has 0 aliphatic carbocycles. The summed E-state index contributed by atoms with van der Waals surface area (Å²) < 4.78 is 17.0. The number of nitrogens with zero attached hydrogens (tertiary/aromatic N) is 3. The van der Waals surface area contributed by atoms with Gasteiger partial charge < -0.3 is 19.1 Å². The van der Waals surface area contributed by atoms with Gasteiger partial charge in [-0.3, -0.25) is 0 Å². The number of ether oxygens (including phenoxy) is 3. The van der Waals surface area contributed by atoms with E-state index in [1.165, 1.54) is 0 Å². The highest BCUT2D eigenvalue weighted by molar-refractivity contribution is 5.93. The molecule has 1 aliphatic heterocycles. The zero-order valence-electron chi connectivity index (χ0n) is 15.6. The van der Waals surface area contributed by atoms with Crippen LogP contribution in [0.5, 0.6) is 17.2 Å². The second-order valence-electron chi connectivity index (χ2n) is 6.60. The van der Waals surface area contributed by atoms with Crippen LogP contribution in [0.25, 0.3) is 10.9 Å². The van der Waals surface area contributed by atoms with Crippen molar-refractivity contribution < 1.29 is 14.2 Å². The highest BCUT2D eigenvalue weighted by Gasteiger charge is 2.24. The molecule has 2 aromatic carbocycles.